The molecule has 0 saturated heterocycles. The third-order valence-electron chi connectivity index (χ3n) is 4.87. The Bertz CT molecular complexity index is 441. The second-order valence-corrected chi connectivity index (χ2v) is 6.15. The lowest BCUT2D eigenvalue weighted by molar-refractivity contribution is 0.248. The van der Waals surface area contributed by atoms with Crippen LogP contribution in [0.25, 0.3) is 0 Å². The number of rotatable bonds is 3. The van der Waals surface area contributed by atoms with Crippen molar-refractivity contribution in [1.29, 1.82) is 0 Å². The zero-order chi connectivity index (χ0) is 14.0. The van der Waals surface area contributed by atoms with Crippen molar-refractivity contribution in [3.05, 3.63) is 28.8 Å². The Morgan fingerprint density at radius 2 is 2.00 bits per heavy atom. The van der Waals surface area contributed by atoms with Crippen molar-refractivity contribution >= 4 is 0 Å². The molecule has 1 aromatic carbocycles. The maximum Gasteiger partial charge on any atom is 0.125 e. The van der Waals surface area contributed by atoms with Crippen molar-refractivity contribution in [2.75, 3.05) is 13.7 Å². The van der Waals surface area contributed by atoms with Crippen LogP contribution in [0.3, 0.4) is 0 Å². The molecule has 106 valence electrons. The van der Waals surface area contributed by atoms with E-state index in [4.69, 9.17) is 10.5 Å². The molecule has 0 amide bonds. The lowest BCUT2D eigenvalue weighted by atomic mass is 9.71. The minimum atomic E-state index is 0.558. The Morgan fingerprint density at radius 3 is 2.63 bits per heavy atom. The number of benzene rings is 1. The molecule has 2 rings (SSSR count). The number of nitrogens with two attached hydrogens (primary N) is 1. The van der Waals surface area contributed by atoms with Crippen molar-refractivity contribution in [3.63, 3.8) is 0 Å². The van der Waals surface area contributed by atoms with E-state index in [1.165, 1.54) is 36.0 Å². The van der Waals surface area contributed by atoms with Crippen molar-refractivity contribution in [1.82, 2.24) is 0 Å². The highest BCUT2D eigenvalue weighted by Gasteiger charge is 2.31. The average Bonchev–Trinajstić information content (AvgIpc) is 2.41. The quantitative estimate of drug-likeness (QED) is 0.898. The standard InChI is InChI=1S/C17H27NO/c1-11-5-7-14(10-18)16(9-11)15-8-6-12(2)13(3)17(15)19-4/h6,8,11,14,16H,5,7,9-10,18H2,1-4H3. The van der Waals surface area contributed by atoms with E-state index in [0.717, 1.165) is 18.2 Å². The first kappa shape index (κ1) is 14.4. The van der Waals surface area contributed by atoms with E-state index in [2.05, 4.69) is 32.9 Å². The van der Waals surface area contributed by atoms with Gasteiger partial charge in [0.1, 0.15) is 5.75 Å². The van der Waals surface area contributed by atoms with Crippen LogP contribution < -0.4 is 10.5 Å². The van der Waals surface area contributed by atoms with Gasteiger partial charge in [0.2, 0.25) is 0 Å². The van der Waals surface area contributed by atoms with E-state index in [9.17, 15) is 0 Å². The molecule has 0 heterocycles. The predicted octanol–water partition coefficient (Wildman–Crippen LogP) is 3.79. The maximum atomic E-state index is 6.00. The Labute approximate surface area is 117 Å². The van der Waals surface area contributed by atoms with Crippen LogP contribution in [-0.2, 0) is 0 Å². The highest BCUT2D eigenvalue weighted by molar-refractivity contribution is 5.47. The van der Waals surface area contributed by atoms with Crippen molar-refractivity contribution < 1.29 is 4.74 Å². The van der Waals surface area contributed by atoms with E-state index in [-0.39, 0.29) is 0 Å². The number of ether oxygens (including phenoxy) is 1. The zero-order valence-corrected chi connectivity index (χ0v) is 12.7. The molecule has 1 aromatic rings. The molecule has 1 saturated carbocycles. The molecule has 2 N–H and O–H groups in total. The molecule has 2 heteroatoms. The molecule has 1 fully saturated rings. The summed E-state index contributed by atoms with van der Waals surface area (Å²) in [6, 6.07) is 4.48. The normalized spacial score (nSPS) is 27.3. The minimum absolute atomic E-state index is 0.558. The third-order valence-corrected chi connectivity index (χ3v) is 4.87. The molecule has 1 aliphatic rings. The fraction of sp³-hybridized carbons (Fsp3) is 0.647. The molecule has 0 aliphatic heterocycles. The molecular formula is C17H27NO. The van der Waals surface area contributed by atoms with E-state index in [0.29, 0.717) is 11.8 Å². The van der Waals surface area contributed by atoms with Crippen LogP contribution in [0.5, 0.6) is 5.75 Å². The van der Waals surface area contributed by atoms with E-state index < -0.39 is 0 Å². The van der Waals surface area contributed by atoms with Gasteiger partial charge in [-0.05, 0) is 67.7 Å². The van der Waals surface area contributed by atoms with Crippen LogP contribution in [0.15, 0.2) is 12.1 Å². The minimum Gasteiger partial charge on any atom is -0.496 e. The summed E-state index contributed by atoms with van der Waals surface area (Å²) in [5.41, 5.74) is 9.94. The van der Waals surface area contributed by atoms with Gasteiger partial charge < -0.3 is 10.5 Å². The Hall–Kier alpha value is -1.02. The SMILES string of the molecule is COc1c(C2CC(C)CCC2CN)ccc(C)c1C. The number of methoxy groups -OCH3 is 1. The van der Waals surface area contributed by atoms with Gasteiger partial charge in [-0.15, -0.1) is 0 Å². The fourth-order valence-electron chi connectivity index (χ4n) is 3.48. The van der Waals surface area contributed by atoms with Crippen molar-refractivity contribution in [2.45, 2.75) is 46.0 Å². The van der Waals surface area contributed by atoms with Crippen LogP contribution >= 0.6 is 0 Å². The van der Waals surface area contributed by atoms with E-state index in [1.54, 1.807) is 7.11 Å². The van der Waals surface area contributed by atoms with Gasteiger partial charge in [0.25, 0.3) is 0 Å². The molecule has 0 aromatic heterocycles. The van der Waals surface area contributed by atoms with Crippen molar-refractivity contribution in [3.8, 4) is 5.75 Å². The Morgan fingerprint density at radius 1 is 1.26 bits per heavy atom. The summed E-state index contributed by atoms with van der Waals surface area (Å²) in [7, 11) is 1.79. The van der Waals surface area contributed by atoms with Crippen LogP contribution in [0.1, 0.15) is 48.8 Å². The molecule has 1 aliphatic carbocycles. The van der Waals surface area contributed by atoms with Gasteiger partial charge in [-0.25, -0.2) is 0 Å². The molecule has 0 radical (unpaired) electrons. The molecule has 0 spiro atoms. The van der Waals surface area contributed by atoms with Gasteiger partial charge >= 0.3 is 0 Å². The summed E-state index contributed by atoms with van der Waals surface area (Å²) in [6.07, 6.45) is 3.80. The number of hydrogen-bond acceptors (Lipinski definition) is 2. The first-order valence-electron chi connectivity index (χ1n) is 7.42. The smallest absolute Gasteiger partial charge is 0.125 e. The van der Waals surface area contributed by atoms with Crippen molar-refractivity contribution in [2.24, 2.45) is 17.6 Å². The predicted molar refractivity (Wildman–Crippen MR) is 80.8 cm³/mol. The summed E-state index contributed by atoms with van der Waals surface area (Å²) < 4.78 is 5.70. The molecule has 0 bridgehead atoms. The first-order chi connectivity index (χ1) is 9.08. The highest BCUT2D eigenvalue weighted by atomic mass is 16.5. The van der Waals surface area contributed by atoms with Gasteiger partial charge in [0.05, 0.1) is 7.11 Å². The van der Waals surface area contributed by atoms with Crippen LogP contribution in [0.2, 0.25) is 0 Å². The lowest BCUT2D eigenvalue weighted by Gasteiger charge is -2.35. The summed E-state index contributed by atoms with van der Waals surface area (Å²) in [5, 5.41) is 0. The van der Waals surface area contributed by atoms with Crippen LogP contribution in [0.4, 0.5) is 0 Å². The van der Waals surface area contributed by atoms with E-state index >= 15 is 0 Å². The van der Waals surface area contributed by atoms with Gasteiger partial charge in [-0.2, -0.15) is 0 Å². The largest absolute Gasteiger partial charge is 0.496 e. The maximum absolute atomic E-state index is 6.00. The average molecular weight is 261 g/mol. The van der Waals surface area contributed by atoms with Gasteiger partial charge in [-0.3, -0.25) is 0 Å². The molecular weight excluding hydrogens is 234 g/mol. The third kappa shape index (κ3) is 2.79. The Kier molecular flexibility index (Phi) is 4.51. The molecule has 19 heavy (non-hydrogen) atoms. The topological polar surface area (TPSA) is 35.2 Å². The van der Waals surface area contributed by atoms with Gasteiger partial charge in [-0.1, -0.05) is 25.5 Å². The summed E-state index contributed by atoms with van der Waals surface area (Å²) in [6.45, 7) is 7.44. The van der Waals surface area contributed by atoms with E-state index in [1.807, 2.05) is 0 Å². The second-order valence-electron chi connectivity index (χ2n) is 6.15. The summed E-state index contributed by atoms with van der Waals surface area (Å²) >= 11 is 0. The lowest BCUT2D eigenvalue weighted by Crippen LogP contribution is -2.28. The molecule has 3 atom stereocenters. The number of aryl methyl sites for hydroxylation is 1. The second kappa shape index (κ2) is 5.96. The zero-order valence-electron chi connectivity index (χ0n) is 12.7. The first-order valence-corrected chi connectivity index (χ1v) is 7.42. The summed E-state index contributed by atoms with van der Waals surface area (Å²) in [4.78, 5) is 0. The molecule has 2 nitrogen and oxygen atoms in total. The molecule has 3 unspecified atom stereocenters. The van der Waals surface area contributed by atoms with Crippen LogP contribution in [0, 0.1) is 25.7 Å². The van der Waals surface area contributed by atoms with Crippen LogP contribution in [-0.4, -0.2) is 13.7 Å². The highest BCUT2D eigenvalue weighted by Crippen LogP contribution is 2.44. The Balaban J connectivity index is 2.41. The fourth-order valence-corrected chi connectivity index (χ4v) is 3.48. The summed E-state index contributed by atoms with van der Waals surface area (Å²) in [5.74, 6) is 3.03. The van der Waals surface area contributed by atoms with Gasteiger partial charge in [0, 0.05) is 0 Å². The monoisotopic (exact) mass is 261 g/mol. The van der Waals surface area contributed by atoms with Gasteiger partial charge in [0.15, 0.2) is 0 Å². The number of hydrogen-bond donors (Lipinski definition) is 1.